The van der Waals surface area contributed by atoms with Crippen molar-refractivity contribution in [3.05, 3.63) is 47.2 Å². The van der Waals surface area contributed by atoms with Crippen molar-refractivity contribution in [3.8, 4) is 0 Å². The Morgan fingerprint density at radius 1 is 0.923 bits per heavy atom. The minimum absolute atomic E-state index is 0.0565. The van der Waals surface area contributed by atoms with E-state index in [1.807, 2.05) is 6.08 Å². The van der Waals surface area contributed by atoms with Gasteiger partial charge in [-0.25, -0.2) is 0 Å². The Morgan fingerprint density at radius 3 is 2.33 bits per heavy atom. The van der Waals surface area contributed by atoms with Crippen LogP contribution in [0.25, 0.3) is 0 Å². The van der Waals surface area contributed by atoms with Gasteiger partial charge in [-0.3, -0.25) is 9.59 Å². The third-order valence-corrected chi connectivity index (χ3v) is 12.3. The zero-order valence-corrected chi connectivity index (χ0v) is 25.0. The number of nitrogens with one attached hydrogen (secondary N) is 2. The maximum atomic E-state index is 14.3. The van der Waals surface area contributed by atoms with Crippen molar-refractivity contribution in [3.63, 3.8) is 0 Å². The summed E-state index contributed by atoms with van der Waals surface area (Å²) in [4.78, 5) is 26.5. The van der Waals surface area contributed by atoms with Crippen LogP contribution in [0.2, 0.25) is 0 Å². The van der Waals surface area contributed by atoms with Gasteiger partial charge in [0.1, 0.15) is 0 Å². The van der Waals surface area contributed by atoms with Crippen molar-refractivity contribution in [2.24, 2.45) is 34.5 Å². The average molecular weight is 531 g/mol. The lowest BCUT2D eigenvalue weighted by Crippen LogP contribution is -2.58. The number of allylic oxidation sites excluding steroid dienone is 2. The van der Waals surface area contributed by atoms with E-state index >= 15 is 0 Å². The normalized spacial score (nSPS) is 37.6. The first kappa shape index (κ1) is 27.1. The molecule has 39 heavy (non-hydrogen) atoms. The molecule has 6 unspecified atom stereocenters. The fourth-order valence-electron chi connectivity index (χ4n) is 9.83. The molecule has 0 aromatic heterocycles. The molecule has 4 aliphatic carbocycles. The summed E-state index contributed by atoms with van der Waals surface area (Å²) in [6.45, 7) is 12.6. The van der Waals surface area contributed by atoms with Crippen LogP contribution in [0.4, 0.5) is 0 Å². The summed E-state index contributed by atoms with van der Waals surface area (Å²) in [5.74, 6) is 2.45. The SMILES string of the molecule is CC(C)(C)c1ccc(C2(NC(=O)C3CCC4C5CNC6=CC(=O)CCC6(C)C5CCC34C)CCCCC2)cc1. The second-order valence-electron chi connectivity index (χ2n) is 15.3. The highest BCUT2D eigenvalue weighted by molar-refractivity contribution is 5.91. The molecule has 4 heteroatoms. The second-order valence-corrected chi connectivity index (χ2v) is 15.3. The lowest BCUT2D eigenvalue weighted by molar-refractivity contribution is -0.135. The van der Waals surface area contributed by atoms with Gasteiger partial charge in [-0.1, -0.05) is 78.1 Å². The molecule has 1 amide bonds. The van der Waals surface area contributed by atoms with Crippen LogP contribution in [0.5, 0.6) is 0 Å². The predicted octanol–water partition coefficient (Wildman–Crippen LogP) is 7.17. The Hall–Kier alpha value is -2.10. The van der Waals surface area contributed by atoms with E-state index in [-0.39, 0.29) is 33.5 Å². The van der Waals surface area contributed by atoms with Crippen LogP contribution < -0.4 is 10.6 Å². The van der Waals surface area contributed by atoms with E-state index in [4.69, 9.17) is 0 Å². The molecule has 0 bridgehead atoms. The van der Waals surface area contributed by atoms with Crippen molar-refractivity contribution < 1.29 is 9.59 Å². The van der Waals surface area contributed by atoms with Gasteiger partial charge in [-0.05, 0) is 84.7 Å². The Balaban J connectivity index is 1.23. The monoisotopic (exact) mass is 530 g/mol. The van der Waals surface area contributed by atoms with Crippen LogP contribution in [-0.2, 0) is 20.5 Å². The first-order valence-corrected chi connectivity index (χ1v) is 15.9. The fourth-order valence-corrected chi connectivity index (χ4v) is 9.83. The lowest BCUT2D eigenvalue weighted by Gasteiger charge is -2.58. The van der Waals surface area contributed by atoms with Crippen molar-refractivity contribution in [1.29, 1.82) is 0 Å². The Morgan fingerprint density at radius 2 is 1.64 bits per heavy atom. The zero-order chi connectivity index (χ0) is 27.6. The minimum Gasteiger partial charge on any atom is -0.387 e. The molecule has 5 aliphatic rings. The maximum absolute atomic E-state index is 14.3. The third kappa shape index (κ3) is 4.39. The number of amides is 1. The maximum Gasteiger partial charge on any atom is 0.224 e. The van der Waals surface area contributed by atoms with Crippen LogP contribution in [0.1, 0.15) is 116 Å². The van der Waals surface area contributed by atoms with Crippen LogP contribution >= 0.6 is 0 Å². The third-order valence-electron chi connectivity index (χ3n) is 12.3. The summed E-state index contributed by atoms with van der Waals surface area (Å²) in [6, 6.07) is 9.16. The molecule has 4 fully saturated rings. The molecule has 6 atom stereocenters. The molecule has 6 rings (SSSR count). The molecule has 1 aromatic carbocycles. The standard InChI is InChI=1S/C35H50N2O2/c1-32(2,3)23-9-11-24(12-10-23)35(17-7-6-8-18-35)37-31(39)29-14-13-27-26-22-36-30-21-25(38)15-19-34(30,5)28(26)16-20-33(27,29)4/h9-12,21,26-29,36H,6-8,13-20,22H2,1-5H3,(H,37,39). The van der Waals surface area contributed by atoms with Gasteiger partial charge in [0.05, 0.1) is 5.54 Å². The van der Waals surface area contributed by atoms with E-state index in [0.29, 0.717) is 30.1 Å². The molecule has 3 saturated carbocycles. The number of ketones is 1. The Kier molecular flexibility index (Phi) is 6.59. The van der Waals surface area contributed by atoms with Crippen molar-refractivity contribution in [1.82, 2.24) is 10.6 Å². The molecule has 0 spiro atoms. The molecule has 212 valence electrons. The van der Waals surface area contributed by atoms with Gasteiger partial charge in [0, 0.05) is 36.1 Å². The molecular weight excluding hydrogens is 480 g/mol. The van der Waals surface area contributed by atoms with E-state index < -0.39 is 0 Å². The highest BCUT2D eigenvalue weighted by Gasteiger charge is 2.60. The van der Waals surface area contributed by atoms with Crippen molar-refractivity contribution in [2.45, 2.75) is 116 Å². The number of rotatable bonds is 3. The number of hydrogen-bond donors (Lipinski definition) is 2. The molecule has 0 radical (unpaired) electrons. The van der Waals surface area contributed by atoms with E-state index in [0.717, 1.165) is 45.1 Å². The van der Waals surface area contributed by atoms with E-state index in [2.05, 4.69) is 69.5 Å². The number of hydrogen-bond acceptors (Lipinski definition) is 3. The summed E-state index contributed by atoms with van der Waals surface area (Å²) in [7, 11) is 0. The highest BCUT2D eigenvalue weighted by Crippen LogP contribution is 2.64. The lowest BCUT2D eigenvalue weighted by atomic mass is 9.50. The summed E-state index contributed by atoms with van der Waals surface area (Å²) < 4.78 is 0. The summed E-state index contributed by atoms with van der Waals surface area (Å²) in [5, 5.41) is 7.45. The predicted molar refractivity (Wildman–Crippen MR) is 157 cm³/mol. The average Bonchev–Trinajstić information content (AvgIpc) is 3.26. The molecule has 4 nitrogen and oxygen atoms in total. The summed E-state index contributed by atoms with van der Waals surface area (Å²) in [5.41, 5.74) is 3.87. The molecule has 1 aromatic rings. The quantitative estimate of drug-likeness (QED) is 0.435. The van der Waals surface area contributed by atoms with Crippen LogP contribution in [0, 0.1) is 34.5 Å². The highest BCUT2D eigenvalue weighted by atomic mass is 16.2. The van der Waals surface area contributed by atoms with Gasteiger partial charge < -0.3 is 10.6 Å². The number of piperidine rings is 1. The fraction of sp³-hybridized carbons (Fsp3) is 0.714. The number of benzene rings is 1. The van der Waals surface area contributed by atoms with Gasteiger partial charge in [-0.15, -0.1) is 0 Å². The van der Waals surface area contributed by atoms with Crippen LogP contribution in [0.3, 0.4) is 0 Å². The molecule has 1 aliphatic heterocycles. The molecule has 2 N–H and O–H groups in total. The summed E-state index contributed by atoms with van der Waals surface area (Å²) >= 11 is 0. The van der Waals surface area contributed by atoms with E-state index in [9.17, 15) is 9.59 Å². The smallest absolute Gasteiger partial charge is 0.224 e. The van der Waals surface area contributed by atoms with Crippen LogP contribution in [-0.4, -0.2) is 18.2 Å². The van der Waals surface area contributed by atoms with Gasteiger partial charge >= 0.3 is 0 Å². The van der Waals surface area contributed by atoms with Gasteiger partial charge in [0.25, 0.3) is 0 Å². The van der Waals surface area contributed by atoms with Crippen molar-refractivity contribution in [2.75, 3.05) is 6.54 Å². The number of carbonyl (C=O) groups is 2. The summed E-state index contributed by atoms with van der Waals surface area (Å²) in [6.07, 6.45) is 13.7. The topological polar surface area (TPSA) is 58.2 Å². The second kappa shape index (κ2) is 9.48. The number of fused-ring (bicyclic) bond motifs is 5. The van der Waals surface area contributed by atoms with E-state index in [1.54, 1.807) is 0 Å². The first-order valence-electron chi connectivity index (χ1n) is 15.9. The van der Waals surface area contributed by atoms with Gasteiger partial charge in [0.2, 0.25) is 5.91 Å². The minimum atomic E-state index is -0.231. The van der Waals surface area contributed by atoms with Gasteiger partial charge in [0.15, 0.2) is 5.78 Å². The first-order chi connectivity index (χ1) is 18.5. The molecular formula is C35H50N2O2. The van der Waals surface area contributed by atoms with Crippen molar-refractivity contribution >= 4 is 11.7 Å². The van der Waals surface area contributed by atoms with Crippen LogP contribution in [0.15, 0.2) is 36.0 Å². The van der Waals surface area contributed by atoms with Gasteiger partial charge in [-0.2, -0.15) is 0 Å². The Labute approximate surface area is 236 Å². The molecule has 1 saturated heterocycles. The molecule has 1 heterocycles. The largest absolute Gasteiger partial charge is 0.387 e. The number of carbonyl (C=O) groups excluding carboxylic acids is 2. The zero-order valence-electron chi connectivity index (χ0n) is 25.0. The Bertz CT molecular complexity index is 1150. The van der Waals surface area contributed by atoms with E-state index in [1.165, 1.54) is 42.5 Å².